The molecule has 32 heavy (non-hydrogen) atoms. The van der Waals surface area contributed by atoms with Crippen molar-refractivity contribution in [1.29, 1.82) is 0 Å². The molecule has 4 N–H and O–H groups in total. The van der Waals surface area contributed by atoms with Crippen LogP contribution in [-0.2, 0) is 21.8 Å². The summed E-state index contributed by atoms with van der Waals surface area (Å²) >= 11 is 12.5. The fraction of sp³-hybridized carbons (Fsp3) is 0.238. The molecule has 2 aromatic carbocycles. The Labute approximate surface area is 194 Å². The Hall–Kier alpha value is -2.82. The van der Waals surface area contributed by atoms with E-state index in [0.717, 1.165) is 0 Å². The molecule has 168 valence electrons. The van der Waals surface area contributed by atoms with Crippen molar-refractivity contribution in [2.24, 2.45) is 5.84 Å². The molecule has 0 spiro atoms. The van der Waals surface area contributed by atoms with E-state index in [4.69, 9.17) is 43.3 Å². The first-order valence-electron chi connectivity index (χ1n) is 9.71. The van der Waals surface area contributed by atoms with Crippen LogP contribution in [0.4, 0.5) is 10.5 Å². The number of ether oxygens (including phenoxy) is 3. The number of nitrogens with two attached hydrogens (primary N) is 1. The number of anilines is 1. The first-order valence-corrected chi connectivity index (χ1v) is 10.5. The highest BCUT2D eigenvalue weighted by Gasteiger charge is 2.45. The molecule has 9 nitrogen and oxygen atoms in total. The third-order valence-corrected chi connectivity index (χ3v) is 5.38. The Kier molecular flexibility index (Phi) is 6.83. The van der Waals surface area contributed by atoms with Crippen LogP contribution in [0.15, 0.2) is 61.2 Å². The summed E-state index contributed by atoms with van der Waals surface area (Å²) in [7, 11) is 0. The number of amides is 2. The lowest BCUT2D eigenvalue weighted by Crippen LogP contribution is -2.34. The van der Waals surface area contributed by atoms with Crippen LogP contribution in [0.5, 0.6) is 5.75 Å². The Balaban J connectivity index is 1.45. The zero-order valence-corrected chi connectivity index (χ0v) is 18.3. The number of hydrogen-bond acceptors (Lipinski definition) is 6. The number of nitrogens with one attached hydrogen (secondary N) is 2. The van der Waals surface area contributed by atoms with Gasteiger partial charge in [-0.1, -0.05) is 29.3 Å². The van der Waals surface area contributed by atoms with Gasteiger partial charge in [0.05, 0.1) is 24.5 Å². The molecule has 0 aliphatic carbocycles. The lowest BCUT2D eigenvalue weighted by atomic mass is 10.1. The van der Waals surface area contributed by atoms with E-state index in [0.29, 0.717) is 40.2 Å². The van der Waals surface area contributed by atoms with Crippen LogP contribution in [0.2, 0.25) is 10.0 Å². The molecule has 1 saturated heterocycles. The fourth-order valence-electron chi connectivity index (χ4n) is 3.37. The van der Waals surface area contributed by atoms with Crippen LogP contribution in [0.25, 0.3) is 0 Å². The van der Waals surface area contributed by atoms with Gasteiger partial charge in [-0.3, -0.25) is 5.43 Å². The molecule has 3 aromatic rings. The second-order valence-electron chi connectivity index (χ2n) is 7.10. The number of carbonyl (C=O) groups excluding carboxylic acids is 1. The van der Waals surface area contributed by atoms with Crippen molar-refractivity contribution in [2.45, 2.75) is 18.4 Å². The lowest BCUT2D eigenvalue weighted by Gasteiger charge is -2.30. The minimum absolute atomic E-state index is 0.257. The quantitative estimate of drug-likeness (QED) is 0.272. The molecular formula is C21H21Cl2N5O4. The SMILES string of the molecule is NNC(=O)Nc1ccc(OC[C@@H]2CO[C@@](Cn3ccnc3)(c3ccc(Cl)cc3Cl)O2)cc1. The molecule has 1 fully saturated rings. The van der Waals surface area contributed by atoms with Crippen molar-refractivity contribution in [1.82, 2.24) is 15.0 Å². The number of halogens is 2. The molecule has 2 heterocycles. The minimum Gasteiger partial charge on any atom is -0.491 e. The van der Waals surface area contributed by atoms with Gasteiger partial charge in [0, 0.05) is 28.7 Å². The fourth-order valence-corrected chi connectivity index (χ4v) is 3.92. The number of hydrogen-bond donors (Lipinski definition) is 3. The zero-order valence-electron chi connectivity index (χ0n) is 16.8. The monoisotopic (exact) mass is 477 g/mol. The first kappa shape index (κ1) is 22.4. The normalized spacial score (nSPS) is 20.2. The van der Waals surface area contributed by atoms with E-state index in [2.05, 4.69) is 10.3 Å². The third-order valence-electron chi connectivity index (χ3n) is 4.83. The van der Waals surface area contributed by atoms with Crippen molar-refractivity contribution in [2.75, 3.05) is 18.5 Å². The smallest absolute Gasteiger partial charge is 0.333 e. The van der Waals surface area contributed by atoms with E-state index >= 15 is 0 Å². The maximum absolute atomic E-state index is 11.3. The van der Waals surface area contributed by atoms with Crippen molar-refractivity contribution in [3.63, 3.8) is 0 Å². The summed E-state index contributed by atoms with van der Waals surface area (Å²) in [5.41, 5.74) is 3.26. The first-order chi connectivity index (χ1) is 15.5. The van der Waals surface area contributed by atoms with Crippen LogP contribution in [-0.4, -0.2) is 34.9 Å². The molecule has 2 amide bonds. The molecular weight excluding hydrogens is 457 g/mol. The molecule has 1 aliphatic heterocycles. The number of nitrogens with zero attached hydrogens (tertiary/aromatic N) is 2. The van der Waals surface area contributed by atoms with E-state index < -0.39 is 11.8 Å². The van der Waals surface area contributed by atoms with E-state index in [1.165, 1.54) is 0 Å². The summed E-state index contributed by atoms with van der Waals surface area (Å²) in [6, 6.07) is 11.6. The minimum atomic E-state index is -1.11. The van der Waals surface area contributed by atoms with Crippen LogP contribution in [0.1, 0.15) is 5.56 Å². The van der Waals surface area contributed by atoms with Gasteiger partial charge in [0.25, 0.3) is 0 Å². The highest BCUT2D eigenvalue weighted by Crippen LogP contribution is 2.40. The molecule has 0 bridgehead atoms. The highest BCUT2D eigenvalue weighted by molar-refractivity contribution is 6.35. The van der Waals surface area contributed by atoms with Crippen LogP contribution >= 0.6 is 23.2 Å². The highest BCUT2D eigenvalue weighted by atomic mass is 35.5. The van der Waals surface area contributed by atoms with E-state index in [-0.39, 0.29) is 12.7 Å². The van der Waals surface area contributed by atoms with Crippen molar-refractivity contribution in [3.05, 3.63) is 76.8 Å². The zero-order chi connectivity index (χ0) is 22.6. The Morgan fingerprint density at radius 3 is 2.78 bits per heavy atom. The largest absolute Gasteiger partial charge is 0.491 e. The maximum atomic E-state index is 11.3. The van der Waals surface area contributed by atoms with Gasteiger partial charge in [-0.2, -0.15) is 0 Å². The van der Waals surface area contributed by atoms with Gasteiger partial charge in [-0.15, -0.1) is 0 Å². The molecule has 0 unspecified atom stereocenters. The van der Waals surface area contributed by atoms with Crippen LogP contribution in [0.3, 0.4) is 0 Å². The van der Waals surface area contributed by atoms with E-state index in [1.54, 1.807) is 55.0 Å². The van der Waals surface area contributed by atoms with Gasteiger partial charge in [0.1, 0.15) is 18.5 Å². The summed E-state index contributed by atoms with van der Waals surface area (Å²) in [6.07, 6.45) is 4.85. The van der Waals surface area contributed by atoms with Crippen molar-refractivity contribution >= 4 is 34.9 Å². The van der Waals surface area contributed by atoms with Crippen molar-refractivity contribution < 1.29 is 19.0 Å². The maximum Gasteiger partial charge on any atom is 0.333 e. The second kappa shape index (κ2) is 9.76. The summed E-state index contributed by atoms with van der Waals surface area (Å²) in [6.45, 7) is 0.922. The number of hydrazine groups is 1. The van der Waals surface area contributed by atoms with Gasteiger partial charge in [0.2, 0.25) is 5.79 Å². The Bertz CT molecular complexity index is 1060. The molecule has 0 radical (unpaired) electrons. The van der Waals surface area contributed by atoms with Gasteiger partial charge >= 0.3 is 6.03 Å². The van der Waals surface area contributed by atoms with Crippen LogP contribution < -0.4 is 21.3 Å². The van der Waals surface area contributed by atoms with E-state index in [9.17, 15) is 4.79 Å². The average molecular weight is 478 g/mol. The van der Waals surface area contributed by atoms with Gasteiger partial charge in [-0.05, 0) is 36.4 Å². The molecule has 2 atom stereocenters. The number of imidazole rings is 1. The van der Waals surface area contributed by atoms with Crippen LogP contribution in [0, 0.1) is 0 Å². The number of rotatable bonds is 7. The predicted octanol–water partition coefficient (Wildman–Crippen LogP) is 3.53. The van der Waals surface area contributed by atoms with Gasteiger partial charge in [0.15, 0.2) is 0 Å². The summed E-state index contributed by atoms with van der Waals surface area (Å²) in [5.74, 6) is 4.56. The summed E-state index contributed by atoms with van der Waals surface area (Å²) < 4.78 is 20.2. The second-order valence-corrected chi connectivity index (χ2v) is 7.94. The predicted molar refractivity (Wildman–Crippen MR) is 119 cm³/mol. The molecule has 0 saturated carbocycles. The Morgan fingerprint density at radius 1 is 1.28 bits per heavy atom. The molecule has 1 aliphatic rings. The molecule has 11 heteroatoms. The number of urea groups is 1. The molecule has 1 aromatic heterocycles. The lowest BCUT2D eigenvalue weighted by molar-refractivity contribution is -0.189. The van der Waals surface area contributed by atoms with Crippen molar-refractivity contribution in [3.8, 4) is 5.75 Å². The Morgan fingerprint density at radius 2 is 2.09 bits per heavy atom. The number of benzene rings is 2. The summed E-state index contributed by atoms with van der Waals surface area (Å²) in [5, 5.41) is 3.54. The van der Waals surface area contributed by atoms with Gasteiger partial charge in [-0.25, -0.2) is 15.6 Å². The molecule has 4 rings (SSSR count). The van der Waals surface area contributed by atoms with E-state index in [1.807, 2.05) is 16.2 Å². The summed E-state index contributed by atoms with van der Waals surface area (Å²) in [4.78, 5) is 15.4. The topological polar surface area (TPSA) is 113 Å². The van der Waals surface area contributed by atoms with Gasteiger partial charge < -0.3 is 24.1 Å². The number of aromatic nitrogens is 2. The number of carbonyl (C=O) groups is 1. The standard InChI is InChI=1S/C21H21Cl2N5O4/c22-14-1-6-18(19(23)9-14)21(12-28-8-7-25-13-28)31-11-17(32-21)10-30-16-4-2-15(3-5-16)26-20(29)27-24/h1-9,13,17H,10-12,24H2,(H2,26,27,29)/t17-,21-/m1/s1. The third kappa shape index (κ3) is 5.14. The average Bonchev–Trinajstić information content (AvgIpc) is 3.44.